The first kappa shape index (κ1) is 20.8. The van der Waals surface area contributed by atoms with Crippen LogP contribution >= 0.6 is 11.6 Å². The average molecular weight is 417 g/mol. The van der Waals surface area contributed by atoms with Crippen molar-refractivity contribution in [3.63, 3.8) is 0 Å². The molecule has 0 aromatic heterocycles. The maximum atomic E-state index is 10.8. The lowest BCUT2D eigenvalue weighted by Gasteiger charge is -2.32. The fourth-order valence-corrected chi connectivity index (χ4v) is 4.84. The van der Waals surface area contributed by atoms with Crippen molar-refractivity contribution < 1.29 is 20.1 Å². The third-order valence-electron chi connectivity index (χ3n) is 6.34. The van der Waals surface area contributed by atoms with Crippen LogP contribution in [0.2, 0.25) is 5.02 Å². The van der Waals surface area contributed by atoms with Crippen LogP contribution in [-0.4, -0.2) is 34.1 Å². The molecule has 1 aliphatic carbocycles. The van der Waals surface area contributed by atoms with Gasteiger partial charge < -0.3 is 20.1 Å². The minimum atomic E-state index is -0.668. The van der Waals surface area contributed by atoms with Crippen molar-refractivity contribution in [2.45, 2.75) is 68.9 Å². The standard InChI is InChI=1S/C24H29ClO4/c25-22-8-5-17(23-14-20(27)13-21(15-26)29-23)12-18(22)11-16-3-6-19(7-4-16)24(28)9-1-2-10-24/h3-8,12,20-21,23,26-28H,1-2,9-11,13-15H2/t20-,21-,23+/m0/s1. The number of rotatable bonds is 5. The lowest BCUT2D eigenvalue weighted by molar-refractivity contribution is -0.113. The molecule has 2 fully saturated rings. The van der Waals surface area contributed by atoms with Gasteiger partial charge >= 0.3 is 0 Å². The van der Waals surface area contributed by atoms with Crippen molar-refractivity contribution >= 4 is 11.6 Å². The van der Waals surface area contributed by atoms with Crippen LogP contribution in [0.4, 0.5) is 0 Å². The summed E-state index contributed by atoms with van der Waals surface area (Å²) in [6, 6.07) is 14.0. The third kappa shape index (κ3) is 4.68. The van der Waals surface area contributed by atoms with Crippen molar-refractivity contribution in [2.75, 3.05) is 6.61 Å². The minimum absolute atomic E-state index is 0.0906. The van der Waals surface area contributed by atoms with E-state index in [9.17, 15) is 15.3 Å². The van der Waals surface area contributed by atoms with Crippen LogP contribution in [-0.2, 0) is 16.8 Å². The maximum absolute atomic E-state index is 10.8. The van der Waals surface area contributed by atoms with Gasteiger partial charge in [0.25, 0.3) is 0 Å². The molecule has 4 nitrogen and oxygen atoms in total. The Morgan fingerprint density at radius 1 is 1.03 bits per heavy atom. The quantitative estimate of drug-likeness (QED) is 0.680. The van der Waals surface area contributed by atoms with Crippen LogP contribution in [0.3, 0.4) is 0 Å². The molecule has 0 radical (unpaired) electrons. The summed E-state index contributed by atoms with van der Waals surface area (Å²) < 4.78 is 5.94. The second kappa shape index (κ2) is 8.75. The highest BCUT2D eigenvalue weighted by Crippen LogP contribution is 2.39. The molecule has 1 heterocycles. The van der Waals surface area contributed by atoms with E-state index >= 15 is 0 Å². The number of halogens is 1. The Morgan fingerprint density at radius 2 is 1.76 bits per heavy atom. The molecule has 0 amide bonds. The van der Waals surface area contributed by atoms with Gasteiger partial charge in [0.1, 0.15) is 0 Å². The number of ether oxygens (including phenoxy) is 1. The van der Waals surface area contributed by atoms with Crippen LogP contribution in [0.25, 0.3) is 0 Å². The molecule has 2 aromatic rings. The maximum Gasteiger partial charge on any atom is 0.0896 e. The molecule has 2 aromatic carbocycles. The summed E-state index contributed by atoms with van der Waals surface area (Å²) in [7, 11) is 0. The van der Waals surface area contributed by atoms with Gasteiger partial charge in [-0.15, -0.1) is 0 Å². The van der Waals surface area contributed by atoms with Crippen LogP contribution in [0.1, 0.15) is 66.9 Å². The summed E-state index contributed by atoms with van der Waals surface area (Å²) >= 11 is 6.46. The van der Waals surface area contributed by atoms with Gasteiger partial charge in [-0.1, -0.05) is 60.8 Å². The first-order valence-electron chi connectivity index (χ1n) is 10.5. The zero-order valence-corrected chi connectivity index (χ0v) is 17.3. The van der Waals surface area contributed by atoms with Crippen molar-refractivity contribution in [3.8, 4) is 0 Å². The topological polar surface area (TPSA) is 69.9 Å². The summed E-state index contributed by atoms with van der Waals surface area (Å²) in [6.07, 6.45) is 4.44. The first-order valence-corrected chi connectivity index (χ1v) is 10.9. The summed E-state index contributed by atoms with van der Waals surface area (Å²) in [5.41, 5.74) is 3.43. The van der Waals surface area contributed by atoms with E-state index in [4.69, 9.17) is 16.3 Å². The number of hydrogen-bond acceptors (Lipinski definition) is 4. The molecule has 0 bridgehead atoms. The molecule has 3 atom stereocenters. The van der Waals surface area contributed by atoms with Gasteiger partial charge in [0.2, 0.25) is 0 Å². The molecule has 1 saturated heterocycles. The number of hydrogen-bond donors (Lipinski definition) is 3. The van der Waals surface area contributed by atoms with Crippen molar-refractivity contribution in [1.82, 2.24) is 0 Å². The zero-order chi connectivity index (χ0) is 20.4. The van der Waals surface area contributed by atoms with E-state index < -0.39 is 11.7 Å². The summed E-state index contributed by atoms with van der Waals surface area (Å²) in [6.45, 7) is -0.0906. The second-order valence-electron chi connectivity index (χ2n) is 8.52. The van der Waals surface area contributed by atoms with Gasteiger partial charge in [0.05, 0.1) is 30.5 Å². The lowest BCUT2D eigenvalue weighted by Crippen LogP contribution is -2.33. The van der Waals surface area contributed by atoms with E-state index in [1.165, 1.54) is 0 Å². The summed E-state index contributed by atoms with van der Waals surface area (Å²) in [5.74, 6) is 0. The third-order valence-corrected chi connectivity index (χ3v) is 6.71. The Hall–Kier alpha value is -1.43. The average Bonchev–Trinajstić information content (AvgIpc) is 3.17. The molecule has 1 aliphatic heterocycles. The number of aliphatic hydroxyl groups excluding tert-OH is 2. The number of aliphatic hydroxyl groups is 3. The predicted octanol–water partition coefficient (Wildman–Crippen LogP) is 4.27. The Balaban J connectivity index is 1.51. The van der Waals surface area contributed by atoms with Crippen LogP contribution < -0.4 is 0 Å². The Kier molecular flexibility index (Phi) is 6.28. The van der Waals surface area contributed by atoms with Crippen LogP contribution in [0.5, 0.6) is 0 Å². The number of benzene rings is 2. The van der Waals surface area contributed by atoms with Gasteiger partial charge in [-0.2, -0.15) is 0 Å². The van der Waals surface area contributed by atoms with Gasteiger partial charge in [-0.05, 0) is 47.6 Å². The highest BCUT2D eigenvalue weighted by atomic mass is 35.5. The summed E-state index contributed by atoms with van der Waals surface area (Å²) in [5, 5.41) is 31.0. The fraction of sp³-hybridized carbons (Fsp3) is 0.500. The molecule has 29 heavy (non-hydrogen) atoms. The molecular formula is C24H29ClO4. The molecule has 4 rings (SSSR count). The lowest BCUT2D eigenvalue weighted by atomic mass is 9.90. The normalized spacial score (nSPS) is 26.6. The van der Waals surface area contributed by atoms with Crippen LogP contribution in [0.15, 0.2) is 42.5 Å². The van der Waals surface area contributed by atoms with Crippen molar-refractivity contribution in [3.05, 3.63) is 69.7 Å². The summed E-state index contributed by atoms with van der Waals surface area (Å²) in [4.78, 5) is 0. The molecule has 0 unspecified atom stereocenters. The fourth-order valence-electron chi connectivity index (χ4n) is 4.65. The van der Waals surface area contributed by atoms with Gasteiger partial charge in [-0.25, -0.2) is 0 Å². The minimum Gasteiger partial charge on any atom is -0.394 e. The van der Waals surface area contributed by atoms with Gasteiger partial charge in [0.15, 0.2) is 0 Å². The van der Waals surface area contributed by atoms with E-state index in [1.54, 1.807) is 0 Å². The zero-order valence-electron chi connectivity index (χ0n) is 16.6. The highest BCUT2D eigenvalue weighted by molar-refractivity contribution is 6.31. The molecule has 5 heteroatoms. The molecule has 0 spiro atoms. The van der Waals surface area contributed by atoms with E-state index in [-0.39, 0.29) is 18.8 Å². The van der Waals surface area contributed by atoms with Gasteiger partial charge in [-0.3, -0.25) is 0 Å². The Morgan fingerprint density at radius 3 is 2.45 bits per heavy atom. The largest absolute Gasteiger partial charge is 0.394 e. The van der Waals surface area contributed by atoms with Crippen LogP contribution in [0, 0.1) is 0 Å². The highest BCUT2D eigenvalue weighted by Gasteiger charge is 2.33. The molecule has 156 valence electrons. The van der Waals surface area contributed by atoms with E-state index in [2.05, 4.69) is 12.1 Å². The van der Waals surface area contributed by atoms with E-state index in [0.29, 0.717) is 24.3 Å². The molecular weight excluding hydrogens is 388 g/mol. The van der Waals surface area contributed by atoms with Gasteiger partial charge in [0, 0.05) is 17.9 Å². The Bertz CT molecular complexity index is 829. The SMILES string of the molecule is OC[C@@H]1C[C@H](O)C[C@H](c2ccc(Cl)c(Cc3ccc(C4(O)CCCC4)cc3)c2)O1. The Labute approximate surface area is 177 Å². The molecule has 1 saturated carbocycles. The smallest absolute Gasteiger partial charge is 0.0896 e. The monoisotopic (exact) mass is 416 g/mol. The molecule has 2 aliphatic rings. The van der Waals surface area contributed by atoms with Crippen molar-refractivity contribution in [1.29, 1.82) is 0 Å². The first-order chi connectivity index (χ1) is 14.0. The predicted molar refractivity (Wildman–Crippen MR) is 113 cm³/mol. The van der Waals surface area contributed by atoms with E-state index in [0.717, 1.165) is 47.9 Å². The van der Waals surface area contributed by atoms with Crippen molar-refractivity contribution in [2.24, 2.45) is 0 Å². The molecule has 3 N–H and O–H groups in total. The second-order valence-corrected chi connectivity index (χ2v) is 8.92. The van der Waals surface area contributed by atoms with E-state index in [1.807, 2.05) is 30.3 Å².